The zero-order valence-electron chi connectivity index (χ0n) is 12.8. The number of aryl methyl sites for hydroxylation is 1. The van der Waals surface area contributed by atoms with E-state index in [1.807, 2.05) is 25.1 Å². The van der Waals surface area contributed by atoms with Gasteiger partial charge in [-0.2, -0.15) is 0 Å². The second-order valence-electron chi connectivity index (χ2n) is 5.84. The smallest absolute Gasteiger partial charge is 0.266 e. The maximum Gasteiger partial charge on any atom is 0.266 e. The summed E-state index contributed by atoms with van der Waals surface area (Å²) in [5.74, 6) is 1.15. The van der Waals surface area contributed by atoms with Crippen LogP contribution in [0.2, 0.25) is 0 Å². The Balaban J connectivity index is 1.84. The van der Waals surface area contributed by atoms with E-state index in [0.717, 1.165) is 11.1 Å². The number of rotatable bonds is 3. The maximum atomic E-state index is 13.0. The lowest BCUT2D eigenvalue weighted by atomic mass is 10.1. The first-order valence-electron chi connectivity index (χ1n) is 7.58. The molecule has 0 bridgehead atoms. The van der Waals surface area contributed by atoms with Crippen LogP contribution in [0.25, 0.3) is 0 Å². The van der Waals surface area contributed by atoms with Gasteiger partial charge in [-0.25, -0.2) is 8.42 Å². The van der Waals surface area contributed by atoms with Crippen LogP contribution in [0.1, 0.15) is 16.7 Å². The zero-order valence-corrected chi connectivity index (χ0v) is 13.6. The highest BCUT2D eigenvalue weighted by molar-refractivity contribution is 7.92. The summed E-state index contributed by atoms with van der Waals surface area (Å²) in [7, 11) is -3.74. The highest BCUT2D eigenvalue weighted by Crippen LogP contribution is 2.43. The van der Waals surface area contributed by atoms with Gasteiger partial charge in [0.25, 0.3) is 10.0 Å². The highest BCUT2D eigenvalue weighted by atomic mass is 32.2. The van der Waals surface area contributed by atoms with Crippen LogP contribution in [0.4, 0.5) is 5.69 Å². The molecule has 1 N–H and O–H groups in total. The van der Waals surface area contributed by atoms with Gasteiger partial charge in [-0.15, -0.1) is 0 Å². The molecule has 0 saturated heterocycles. The molecule has 0 amide bonds. The summed E-state index contributed by atoms with van der Waals surface area (Å²) in [4.78, 5) is 0.238. The molecule has 23 heavy (non-hydrogen) atoms. The van der Waals surface area contributed by atoms with Gasteiger partial charge in [0.15, 0.2) is 0 Å². The first-order valence-corrected chi connectivity index (χ1v) is 9.07. The SMILES string of the molecule is Cc1cccc(NS(=O)(=O)c2c3c(cc4c2OCC4)OCC3)c1. The van der Waals surface area contributed by atoms with Crippen molar-refractivity contribution >= 4 is 15.7 Å². The molecule has 0 atom stereocenters. The standard InChI is InChI=1S/C17H17NO4S/c1-11-3-2-4-13(9-11)18-23(19,20)17-14-6-8-21-15(14)10-12-5-7-22-16(12)17/h2-4,9-10,18H,5-8H2,1H3. The minimum absolute atomic E-state index is 0.238. The lowest BCUT2D eigenvalue weighted by molar-refractivity contribution is 0.348. The maximum absolute atomic E-state index is 13.0. The molecule has 2 aliphatic rings. The molecule has 2 aliphatic heterocycles. The number of anilines is 1. The predicted octanol–water partition coefficient (Wildman–Crippen LogP) is 2.67. The first-order chi connectivity index (χ1) is 11.0. The van der Waals surface area contributed by atoms with E-state index in [4.69, 9.17) is 9.47 Å². The van der Waals surface area contributed by atoms with Crippen molar-refractivity contribution < 1.29 is 17.9 Å². The summed E-state index contributed by atoms with van der Waals surface area (Å²) in [6.07, 6.45) is 1.29. The predicted molar refractivity (Wildman–Crippen MR) is 86.8 cm³/mol. The van der Waals surface area contributed by atoms with Crippen LogP contribution < -0.4 is 14.2 Å². The number of nitrogens with one attached hydrogen (secondary N) is 1. The Labute approximate surface area is 135 Å². The Kier molecular flexibility index (Phi) is 3.23. The van der Waals surface area contributed by atoms with Crippen LogP contribution in [-0.2, 0) is 22.9 Å². The first kappa shape index (κ1) is 14.4. The number of ether oxygens (including phenoxy) is 2. The molecule has 2 aromatic carbocycles. The number of hydrogen-bond donors (Lipinski definition) is 1. The van der Waals surface area contributed by atoms with Gasteiger partial charge in [0.2, 0.25) is 0 Å². The summed E-state index contributed by atoms with van der Waals surface area (Å²) < 4.78 is 39.9. The Morgan fingerprint density at radius 2 is 1.91 bits per heavy atom. The molecule has 4 rings (SSSR count). The number of sulfonamides is 1. The fourth-order valence-electron chi connectivity index (χ4n) is 3.14. The van der Waals surface area contributed by atoms with E-state index in [2.05, 4.69) is 4.72 Å². The molecule has 0 spiro atoms. The van der Waals surface area contributed by atoms with Crippen LogP contribution in [0.15, 0.2) is 35.2 Å². The largest absolute Gasteiger partial charge is 0.493 e. The van der Waals surface area contributed by atoms with Crippen molar-refractivity contribution in [2.75, 3.05) is 17.9 Å². The van der Waals surface area contributed by atoms with Gasteiger partial charge in [0, 0.05) is 29.7 Å². The molecule has 0 aromatic heterocycles. The molecular weight excluding hydrogens is 314 g/mol. The Bertz CT molecular complexity index is 857. The second-order valence-corrected chi connectivity index (χ2v) is 7.46. The lowest BCUT2D eigenvalue weighted by Crippen LogP contribution is -2.16. The molecule has 0 radical (unpaired) electrons. The van der Waals surface area contributed by atoms with Crippen molar-refractivity contribution in [1.82, 2.24) is 0 Å². The molecule has 0 fully saturated rings. The van der Waals surface area contributed by atoms with E-state index in [9.17, 15) is 8.42 Å². The molecule has 0 unspecified atom stereocenters. The minimum atomic E-state index is -3.74. The van der Waals surface area contributed by atoms with Gasteiger partial charge < -0.3 is 9.47 Å². The third kappa shape index (κ3) is 2.43. The summed E-state index contributed by atoms with van der Waals surface area (Å²) in [6, 6.07) is 9.21. The minimum Gasteiger partial charge on any atom is -0.493 e. The average molecular weight is 331 g/mol. The quantitative estimate of drug-likeness (QED) is 0.939. The fourth-order valence-corrected chi connectivity index (χ4v) is 4.64. The molecule has 0 aliphatic carbocycles. The summed E-state index contributed by atoms with van der Waals surface area (Å²) in [5.41, 5.74) is 3.16. The monoisotopic (exact) mass is 331 g/mol. The van der Waals surface area contributed by atoms with Gasteiger partial charge in [-0.3, -0.25) is 4.72 Å². The number of hydrogen-bond acceptors (Lipinski definition) is 4. The Hall–Kier alpha value is -2.21. The topological polar surface area (TPSA) is 64.6 Å². The highest BCUT2D eigenvalue weighted by Gasteiger charge is 2.33. The van der Waals surface area contributed by atoms with Crippen molar-refractivity contribution in [2.45, 2.75) is 24.7 Å². The zero-order chi connectivity index (χ0) is 16.0. The molecule has 0 saturated carbocycles. The van der Waals surface area contributed by atoms with E-state index in [0.29, 0.717) is 48.8 Å². The van der Waals surface area contributed by atoms with Gasteiger partial charge in [0.1, 0.15) is 16.4 Å². The number of fused-ring (bicyclic) bond motifs is 2. The molecule has 6 heteroatoms. The van der Waals surface area contributed by atoms with Gasteiger partial charge in [0.05, 0.1) is 13.2 Å². The van der Waals surface area contributed by atoms with Crippen molar-refractivity contribution in [1.29, 1.82) is 0 Å². The van der Waals surface area contributed by atoms with Crippen molar-refractivity contribution in [3.8, 4) is 11.5 Å². The number of benzene rings is 2. The van der Waals surface area contributed by atoms with Gasteiger partial charge >= 0.3 is 0 Å². The fraction of sp³-hybridized carbons (Fsp3) is 0.294. The molecular formula is C17H17NO4S. The summed E-state index contributed by atoms with van der Waals surface area (Å²) in [6.45, 7) is 2.93. The molecule has 2 aromatic rings. The summed E-state index contributed by atoms with van der Waals surface area (Å²) in [5, 5.41) is 0. The van der Waals surface area contributed by atoms with E-state index in [1.165, 1.54) is 0 Å². The van der Waals surface area contributed by atoms with Gasteiger partial charge in [-0.1, -0.05) is 12.1 Å². The van der Waals surface area contributed by atoms with E-state index >= 15 is 0 Å². The van der Waals surface area contributed by atoms with Crippen LogP contribution in [-0.4, -0.2) is 21.6 Å². The van der Waals surface area contributed by atoms with Crippen molar-refractivity contribution in [3.63, 3.8) is 0 Å². The lowest BCUT2D eigenvalue weighted by Gasteiger charge is -2.15. The third-order valence-corrected chi connectivity index (χ3v) is 5.61. The van der Waals surface area contributed by atoms with Crippen LogP contribution in [0.3, 0.4) is 0 Å². The van der Waals surface area contributed by atoms with Gasteiger partial charge in [-0.05, 0) is 30.7 Å². The third-order valence-electron chi connectivity index (χ3n) is 4.14. The van der Waals surface area contributed by atoms with E-state index in [-0.39, 0.29) is 4.90 Å². The van der Waals surface area contributed by atoms with Crippen LogP contribution in [0, 0.1) is 6.92 Å². The Morgan fingerprint density at radius 1 is 1.09 bits per heavy atom. The van der Waals surface area contributed by atoms with E-state index < -0.39 is 10.0 Å². The van der Waals surface area contributed by atoms with Crippen LogP contribution in [0.5, 0.6) is 11.5 Å². The van der Waals surface area contributed by atoms with Crippen LogP contribution >= 0.6 is 0 Å². The normalized spacial score (nSPS) is 15.5. The molecule has 120 valence electrons. The second kappa shape index (κ2) is 5.16. The van der Waals surface area contributed by atoms with Crippen molar-refractivity contribution in [2.24, 2.45) is 0 Å². The van der Waals surface area contributed by atoms with Crippen molar-refractivity contribution in [3.05, 3.63) is 47.0 Å². The molecule has 2 heterocycles. The average Bonchev–Trinajstić information content (AvgIpc) is 3.11. The van der Waals surface area contributed by atoms with E-state index in [1.54, 1.807) is 12.1 Å². The molecule has 5 nitrogen and oxygen atoms in total. The summed E-state index contributed by atoms with van der Waals surface area (Å²) >= 11 is 0. The Morgan fingerprint density at radius 3 is 2.74 bits per heavy atom.